The van der Waals surface area contributed by atoms with Gasteiger partial charge >= 0.3 is 0 Å². The number of aliphatic hydroxyl groups is 1. The summed E-state index contributed by atoms with van der Waals surface area (Å²) in [6.45, 7) is 4.05. The van der Waals surface area contributed by atoms with Gasteiger partial charge in [0.1, 0.15) is 0 Å². The summed E-state index contributed by atoms with van der Waals surface area (Å²) >= 11 is 0. The van der Waals surface area contributed by atoms with Gasteiger partial charge in [-0.05, 0) is 25.7 Å². The number of unbranched alkanes of at least 4 members (excludes halogenated alkanes) is 5. The Labute approximate surface area is 124 Å². The molecule has 0 aromatic carbocycles. The Morgan fingerprint density at radius 1 is 0.850 bits per heavy atom. The summed E-state index contributed by atoms with van der Waals surface area (Å²) in [6, 6.07) is 0. The first-order valence-corrected chi connectivity index (χ1v) is 9.56. The fourth-order valence-corrected chi connectivity index (χ4v) is 3.30. The van der Waals surface area contributed by atoms with Crippen LogP contribution in [0, 0.1) is 0 Å². The van der Waals surface area contributed by atoms with Crippen LogP contribution in [0.4, 0.5) is 0 Å². The molecule has 0 amide bonds. The summed E-state index contributed by atoms with van der Waals surface area (Å²) in [6.07, 6.45) is 9.29. The number of aliphatic hydroxyl groups excluding tert-OH is 1. The van der Waals surface area contributed by atoms with Crippen LogP contribution in [0.2, 0.25) is 0 Å². The SMILES string of the molecule is CCCCCC(CCCCCCC(O)CC)S(=O)(=O)O. The smallest absolute Gasteiger partial charge is 0.267 e. The second-order valence-corrected chi connectivity index (χ2v) is 7.38. The van der Waals surface area contributed by atoms with E-state index in [-0.39, 0.29) is 6.10 Å². The maximum atomic E-state index is 11.3. The van der Waals surface area contributed by atoms with E-state index in [0.29, 0.717) is 12.8 Å². The number of hydrogen-bond donors (Lipinski definition) is 2. The first-order valence-electron chi connectivity index (χ1n) is 8.06. The molecule has 0 fully saturated rings. The molecule has 2 atom stereocenters. The van der Waals surface area contributed by atoms with Crippen LogP contribution in [0.5, 0.6) is 0 Å². The maximum Gasteiger partial charge on any atom is 0.267 e. The quantitative estimate of drug-likeness (QED) is 0.399. The molecular weight excluding hydrogens is 276 g/mol. The van der Waals surface area contributed by atoms with E-state index in [2.05, 4.69) is 6.92 Å². The second-order valence-electron chi connectivity index (χ2n) is 5.69. The fraction of sp³-hybridized carbons (Fsp3) is 1.00. The minimum Gasteiger partial charge on any atom is -0.393 e. The summed E-state index contributed by atoms with van der Waals surface area (Å²) in [5.41, 5.74) is 0. The Hall–Kier alpha value is -0.130. The van der Waals surface area contributed by atoms with Gasteiger partial charge in [-0.15, -0.1) is 0 Å². The molecule has 2 unspecified atom stereocenters. The van der Waals surface area contributed by atoms with Gasteiger partial charge in [0.25, 0.3) is 10.1 Å². The Bertz CT molecular complexity index is 314. The highest BCUT2D eigenvalue weighted by Gasteiger charge is 2.21. The molecule has 0 aliphatic heterocycles. The summed E-state index contributed by atoms with van der Waals surface area (Å²) < 4.78 is 31.8. The van der Waals surface area contributed by atoms with Gasteiger partial charge in [0, 0.05) is 0 Å². The van der Waals surface area contributed by atoms with Gasteiger partial charge in [-0.3, -0.25) is 4.55 Å². The van der Waals surface area contributed by atoms with E-state index < -0.39 is 15.4 Å². The highest BCUT2D eigenvalue weighted by Crippen LogP contribution is 2.18. The van der Waals surface area contributed by atoms with Crippen molar-refractivity contribution in [2.45, 2.75) is 95.8 Å². The van der Waals surface area contributed by atoms with E-state index in [9.17, 15) is 18.1 Å². The van der Waals surface area contributed by atoms with Crippen molar-refractivity contribution >= 4 is 10.1 Å². The summed E-state index contributed by atoms with van der Waals surface area (Å²) in [7, 11) is -3.90. The van der Waals surface area contributed by atoms with Crippen molar-refractivity contribution in [3.05, 3.63) is 0 Å². The van der Waals surface area contributed by atoms with Crippen LogP contribution < -0.4 is 0 Å². The highest BCUT2D eigenvalue weighted by atomic mass is 32.2. The van der Waals surface area contributed by atoms with Crippen molar-refractivity contribution in [3.63, 3.8) is 0 Å². The van der Waals surface area contributed by atoms with Gasteiger partial charge in [-0.2, -0.15) is 8.42 Å². The summed E-state index contributed by atoms with van der Waals surface area (Å²) in [5.74, 6) is 0. The van der Waals surface area contributed by atoms with Crippen molar-refractivity contribution < 1.29 is 18.1 Å². The molecule has 0 rings (SSSR count). The van der Waals surface area contributed by atoms with Gasteiger partial charge < -0.3 is 5.11 Å². The van der Waals surface area contributed by atoms with Crippen molar-refractivity contribution in [3.8, 4) is 0 Å². The number of rotatable bonds is 13. The molecule has 0 aliphatic carbocycles. The topological polar surface area (TPSA) is 74.6 Å². The Morgan fingerprint density at radius 2 is 1.35 bits per heavy atom. The molecule has 2 N–H and O–H groups in total. The van der Waals surface area contributed by atoms with Crippen LogP contribution >= 0.6 is 0 Å². The largest absolute Gasteiger partial charge is 0.393 e. The van der Waals surface area contributed by atoms with E-state index in [1.807, 2.05) is 6.92 Å². The van der Waals surface area contributed by atoms with Crippen molar-refractivity contribution in [2.75, 3.05) is 0 Å². The van der Waals surface area contributed by atoms with Crippen LogP contribution in [0.1, 0.15) is 84.5 Å². The molecule has 0 spiro atoms. The third-order valence-electron chi connectivity index (χ3n) is 3.84. The minimum atomic E-state index is -3.90. The zero-order valence-corrected chi connectivity index (χ0v) is 13.9. The normalized spacial score (nSPS) is 15.2. The molecule has 0 saturated carbocycles. The third-order valence-corrected chi connectivity index (χ3v) is 5.15. The molecule has 0 radical (unpaired) electrons. The zero-order valence-electron chi connectivity index (χ0n) is 13.1. The monoisotopic (exact) mass is 308 g/mol. The Morgan fingerprint density at radius 3 is 1.80 bits per heavy atom. The third kappa shape index (κ3) is 10.6. The maximum absolute atomic E-state index is 11.3. The Balaban J connectivity index is 3.80. The highest BCUT2D eigenvalue weighted by molar-refractivity contribution is 7.86. The van der Waals surface area contributed by atoms with E-state index >= 15 is 0 Å². The minimum absolute atomic E-state index is 0.199. The first-order chi connectivity index (χ1) is 9.41. The first kappa shape index (κ1) is 19.9. The van der Waals surface area contributed by atoms with Crippen LogP contribution in [0.15, 0.2) is 0 Å². The van der Waals surface area contributed by atoms with Crippen molar-refractivity contribution in [2.24, 2.45) is 0 Å². The van der Waals surface area contributed by atoms with Crippen LogP contribution in [0.3, 0.4) is 0 Å². The molecule has 0 aromatic rings. The lowest BCUT2D eigenvalue weighted by molar-refractivity contribution is 0.156. The van der Waals surface area contributed by atoms with E-state index in [0.717, 1.165) is 57.8 Å². The molecule has 0 bridgehead atoms. The number of hydrogen-bond acceptors (Lipinski definition) is 3. The molecule has 0 aromatic heterocycles. The molecule has 0 heterocycles. The average molecular weight is 308 g/mol. The lowest BCUT2D eigenvalue weighted by Gasteiger charge is -2.13. The average Bonchev–Trinajstić information content (AvgIpc) is 2.38. The Kier molecular flexibility index (Phi) is 11.4. The predicted octanol–water partition coefficient (Wildman–Crippen LogP) is 3.93. The molecule has 0 saturated heterocycles. The lowest BCUT2D eigenvalue weighted by atomic mass is 10.0. The lowest BCUT2D eigenvalue weighted by Crippen LogP contribution is -2.20. The van der Waals surface area contributed by atoms with E-state index in [1.54, 1.807) is 0 Å². The van der Waals surface area contributed by atoms with Gasteiger partial charge in [0.05, 0.1) is 11.4 Å². The molecule has 5 heteroatoms. The van der Waals surface area contributed by atoms with Crippen LogP contribution in [-0.4, -0.2) is 29.4 Å². The van der Waals surface area contributed by atoms with E-state index in [4.69, 9.17) is 0 Å². The standard InChI is InChI=1S/C15H32O4S/c1-3-5-8-12-15(20(17,18)19)13-10-7-6-9-11-14(16)4-2/h14-16H,3-13H2,1-2H3,(H,17,18,19). The predicted molar refractivity (Wildman–Crippen MR) is 83.5 cm³/mol. The molecule has 0 aliphatic rings. The van der Waals surface area contributed by atoms with Crippen LogP contribution in [-0.2, 0) is 10.1 Å². The van der Waals surface area contributed by atoms with Crippen LogP contribution in [0.25, 0.3) is 0 Å². The fourth-order valence-electron chi connectivity index (χ4n) is 2.37. The summed E-state index contributed by atoms with van der Waals surface area (Å²) in [4.78, 5) is 0. The summed E-state index contributed by atoms with van der Waals surface area (Å²) in [5, 5.41) is 8.83. The zero-order chi connectivity index (χ0) is 15.4. The second kappa shape index (κ2) is 11.5. The van der Waals surface area contributed by atoms with Crippen molar-refractivity contribution in [1.29, 1.82) is 0 Å². The molecule has 4 nitrogen and oxygen atoms in total. The van der Waals surface area contributed by atoms with Gasteiger partial charge in [0.2, 0.25) is 0 Å². The molecular formula is C15H32O4S. The molecule has 122 valence electrons. The van der Waals surface area contributed by atoms with Gasteiger partial charge in [0.15, 0.2) is 0 Å². The van der Waals surface area contributed by atoms with Gasteiger partial charge in [-0.1, -0.05) is 58.8 Å². The molecule has 20 heavy (non-hydrogen) atoms. The van der Waals surface area contributed by atoms with E-state index in [1.165, 1.54) is 0 Å². The van der Waals surface area contributed by atoms with Crippen molar-refractivity contribution in [1.82, 2.24) is 0 Å². The van der Waals surface area contributed by atoms with Gasteiger partial charge in [-0.25, -0.2) is 0 Å².